The van der Waals surface area contributed by atoms with Crippen molar-refractivity contribution in [1.82, 2.24) is 19.7 Å². The van der Waals surface area contributed by atoms with Crippen molar-refractivity contribution in [1.29, 1.82) is 0 Å². The van der Waals surface area contributed by atoms with E-state index in [0.717, 1.165) is 4.60 Å². The Morgan fingerprint density at radius 2 is 2.00 bits per heavy atom. The van der Waals surface area contributed by atoms with Crippen molar-refractivity contribution < 1.29 is 0 Å². The Morgan fingerprint density at radius 1 is 1.19 bits per heavy atom. The number of anilines is 1. The quantitative estimate of drug-likeness (QED) is 0.623. The molecule has 0 aliphatic carbocycles. The minimum Gasteiger partial charge on any atom is -0.398 e. The summed E-state index contributed by atoms with van der Waals surface area (Å²) in [5.74, 6) is 0.569. The molecule has 8 heteroatoms. The maximum atomic E-state index is 6.04. The zero-order valence-corrected chi connectivity index (χ0v) is 14.4. The molecule has 0 bridgehead atoms. The summed E-state index contributed by atoms with van der Waals surface area (Å²) in [7, 11) is 0. The molecule has 0 aliphatic rings. The average molecular weight is 430 g/mol. The number of halogens is 3. The second kappa shape index (κ2) is 5.75. The highest BCUT2D eigenvalue weighted by Gasteiger charge is 2.13. The molecule has 3 rings (SSSR count). The highest BCUT2D eigenvalue weighted by molar-refractivity contribution is 9.11. The van der Waals surface area contributed by atoms with Crippen molar-refractivity contribution in [3.8, 4) is 17.2 Å². The van der Waals surface area contributed by atoms with Crippen LogP contribution in [0.4, 0.5) is 5.69 Å². The second-order valence-corrected chi connectivity index (χ2v) is 6.22. The highest BCUT2D eigenvalue weighted by atomic mass is 79.9. The smallest absolute Gasteiger partial charge is 0.156 e. The van der Waals surface area contributed by atoms with Gasteiger partial charge in [0.1, 0.15) is 10.3 Å². The maximum absolute atomic E-state index is 6.04. The standard InChI is InChI=1S/C13H8Br2ClN5/c14-10-3-1-2-9(19-10)13-12(15)8(17)4-11(20-13)21-6-7(16)5-18-21/h1-6H,(H2,17,20). The number of nitrogens with two attached hydrogens (primary N) is 1. The van der Waals surface area contributed by atoms with E-state index in [2.05, 4.69) is 46.9 Å². The first-order valence-corrected chi connectivity index (χ1v) is 7.80. The molecule has 106 valence electrons. The zero-order valence-electron chi connectivity index (χ0n) is 10.5. The lowest BCUT2D eigenvalue weighted by molar-refractivity contribution is 0.847. The van der Waals surface area contributed by atoms with Crippen LogP contribution in [0, 0.1) is 0 Å². The van der Waals surface area contributed by atoms with Crippen LogP contribution < -0.4 is 5.73 Å². The third-order valence-corrected chi connectivity index (χ3v) is 4.19. The number of aromatic nitrogens is 4. The lowest BCUT2D eigenvalue weighted by Gasteiger charge is -2.09. The summed E-state index contributed by atoms with van der Waals surface area (Å²) < 4.78 is 2.97. The first-order valence-electron chi connectivity index (χ1n) is 5.84. The zero-order chi connectivity index (χ0) is 15.0. The van der Waals surface area contributed by atoms with Crippen molar-refractivity contribution in [3.05, 3.63) is 50.8 Å². The SMILES string of the molecule is Nc1cc(-n2cc(Cl)cn2)nc(-c2cccc(Br)n2)c1Br. The van der Waals surface area contributed by atoms with Gasteiger partial charge in [0.15, 0.2) is 5.82 Å². The molecule has 0 amide bonds. The highest BCUT2D eigenvalue weighted by Crippen LogP contribution is 2.32. The number of nitrogens with zero attached hydrogens (tertiary/aromatic N) is 4. The van der Waals surface area contributed by atoms with Crippen LogP contribution in [0.15, 0.2) is 45.7 Å². The van der Waals surface area contributed by atoms with Gasteiger partial charge in [0.2, 0.25) is 0 Å². The Morgan fingerprint density at radius 3 is 2.67 bits per heavy atom. The molecular weight excluding hydrogens is 421 g/mol. The van der Waals surface area contributed by atoms with Crippen molar-refractivity contribution in [3.63, 3.8) is 0 Å². The summed E-state index contributed by atoms with van der Waals surface area (Å²) in [6.07, 6.45) is 3.20. The Hall–Kier alpha value is -1.44. The fourth-order valence-corrected chi connectivity index (χ4v) is 2.67. The van der Waals surface area contributed by atoms with E-state index in [1.807, 2.05) is 18.2 Å². The van der Waals surface area contributed by atoms with Gasteiger partial charge in [-0.25, -0.2) is 14.6 Å². The van der Waals surface area contributed by atoms with E-state index >= 15 is 0 Å². The fraction of sp³-hybridized carbons (Fsp3) is 0. The van der Waals surface area contributed by atoms with Crippen molar-refractivity contribution >= 4 is 49.1 Å². The van der Waals surface area contributed by atoms with E-state index in [4.69, 9.17) is 17.3 Å². The molecular formula is C13H8Br2ClN5. The van der Waals surface area contributed by atoms with Crippen LogP contribution in [0.2, 0.25) is 5.02 Å². The van der Waals surface area contributed by atoms with Gasteiger partial charge < -0.3 is 5.73 Å². The topological polar surface area (TPSA) is 69.6 Å². The van der Waals surface area contributed by atoms with Crippen molar-refractivity contribution in [2.75, 3.05) is 5.73 Å². The van der Waals surface area contributed by atoms with Crippen LogP contribution >= 0.6 is 43.5 Å². The van der Waals surface area contributed by atoms with Gasteiger partial charge in [-0.2, -0.15) is 5.10 Å². The number of hydrogen-bond acceptors (Lipinski definition) is 4. The Balaban J connectivity index is 2.19. The molecule has 0 radical (unpaired) electrons. The van der Waals surface area contributed by atoms with E-state index < -0.39 is 0 Å². The molecule has 3 aromatic rings. The largest absolute Gasteiger partial charge is 0.398 e. The number of hydrogen-bond donors (Lipinski definition) is 1. The van der Waals surface area contributed by atoms with E-state index in [-0.39, 0.29) is 0 Å². The third-order valence-electron chi connectivity index (χ3n) is 2.72. The minimum absolute atomic E-state index is 0.528. The summed E-state index contributed by atoms with van der Waals surface area (Å²) in [5, 5.41) is 4.66. The van der Waals surface area contributed by atoms with E-state index in [0.29, 0.717) is 32.4 Å². The van der Waals surface area contributed by atoms with Crippen LogP contribution in [-0.2, 0) is 0 Å². The molecule has 0 saturated carbocycles. The predicted molar refractivity (Wildman–Crippen MR) is 89.4 cm³/mol. The molecule has 0 fully saturated rings. The van der Waals surface area contributed by atoms with E-state index in [1.165, 1.54) is 0 Å². The van der Waals surface area contributed by atoms with Gasteiger partial charge in [0, 0.05) is 6.07 Å². The maximum Gasteiger partial charge on any atom is 0.156 e. The van der Waals surface area contributed by atoms with Gasteiger partial charge in [-0.1, -0.05) is 17.7 Å². The van der Waals surface area contributed by atoms with Gasteiger partial charge in [-0.3, -0.25) is 0 Å². The van der Waals surface area contributed by atoms with E-state index in [1.54, 1.807) is 23.1 Å². The molecule has 0 spiro atoms. The Kier molecular flexibility index (Phi) is 3.97. The molecule has 21 heavy (non-hydrogen) atoms. The Bertz CT molecular complexity index is 818. The number of nitrogen functional groups attached to an aromatic ring is 1. The van der Waals surface area contributed by atoms with Gasteiger partial charge in [-0.15, -0.1) is 0 Å². The second-order valence-electron chi connectivity index (χ2n) is 4.18. The minimum atomic E-state index is 0.528. The number of pyridine rings is 2. The summed E-state index contributed by atoms with van der Waals surface area (Å²) >= 11 is 12.7. The fourth-order valence-electron chi connectivity index (χ4n) is 1.79. The van der Waals surface area contributed by atoms with E-state index in [9.17, 15) is 0 Å². The molecule has 2 N–H and O–H groups in total. The average Bonchev–Trinajstić information content (AvgIpc) is 2.88. The lowest BCUT2D eigenvalue weighted by Crippen LogP contribution is -2.03. The molecule has 0 aromatic carbocycles. The van der Waals surface area contributed by atoms with Gasteiger partial charge >= 0.3 is 0 Å². The van der Waals surface area contributed by atoms with Crippen molar-refractivity contribution in [2.45, 2.75) is 0 Å². The summed E-state index contributed by atoms with van der Waals surface area (Å²) in [6.45, 7) is 0. The first-order chi connectivity index (χ1) is 10.0. The monoisotopic (exact) mass is 427 g/mol. The third kappa shape index (κ3) is 2.95. The Labute approximate surface area is 142 Å². The molecule has 3 heterocycles. The van der Waals surface area contributed by atoms with Gasteiger partial charge in [0.05, 0.1) is 33.3 Å². The predicted octanol–water partition coefficient (Wildman–Crippen LogP) is 4.09. The number of rotatable bonds is 2. The van der Waals surface area contributed by atoms with Crippen LogP contribution in [0.5, 0.6) is 0 Å². The molecule has 0 atom stereocenters. The lowest BCUT2D eigenvalue weighted by atomic mass is 10.2. The summed E-state index contributed by atoms with van der Waals surface area (Å²) in [4.78, 5) is 8.96. The molecule has 0 unspecified atom stereocenters. The summed E-state index contributed by atoms with van der Waals surface area (Å²) in [5.41, 5.74) is 7.92. The molecule has 3 aromatic heterocycles. The van der Waals surface area contributed by atoms with Gasteiger partial charge in [-0.05, 0) is 44.0 Å². The normalized spacial score (nSPS) is 10.8. The van der Waals surface area contributed by atoms with Gasteiger partial charge in [0.25, 0.3) is 0 Å². The summed E-state index contributed by atoms with van der Waals surface area (Å²) in [6, 6.07) is 7.30. The van der Waals surface area contributed by atoms with Crippen molar-refractivity contribution in [2.24, 2.45) is 0 Å². The molecule has 5 nitrogen and oxygen atoms in total. The van der Waals surface area contributed by atoms with Crippen LogP contribution in [0.1, 0.15) is 0 Å². The first kappa shape index (κ1) is 14.5. The molecule has 0 saturated heterocycles. The van der Waals surface area contributed by atoms with Crippen LogP contribution in [0.25, 0.3) is 17.2 Å². The molecule has 0 aliphatic heterocycles. The van der Waals surface area contributed by atoms with Crippen LogP contribution in [-0.4, -0.2) is 19.7 Å². The van der Waals surface area contributed by atoms with Crippen LogP contribution in [0.3, 0.4) is 0 Å².